The second-order valence-electron chi connectivity index (χ2n) is 12.0. The van der Waals surface area contributed by atoms with Crippen LogP contribution in [0.25, 0.3) is 0 Å². The summed E-state index contributed by atoms with van der Waals surface area (Å²) in [5.41, 5.74) is 0.885. The number of anilines is 1. The highest BCUT2D eigenvalue weighted by Crippen LogP contribution is 2.43. The Morgan fingerprint density at radius 1 is 1.02 bits per heavy atom. The number of esters is 1. The number of nitrogens with one attached hydrogen (secondary N) is 1. The lowest BCUT2D eigenvalue weighted by molar-refractivity contribution is -0.174. The first-order valence-electron chi connectivity index (χ1n) is 14.1. The van der Waals surface area contributed by atoms with Crippen LogP contribution in [0.4, 0.5) is 5.69 Å². The molecule has 0 spiro atoms. The van der Waals surface area contributed by atoms with Gasteiger partial charge >= 0.3 is 5.97 Å². The van der Waals surface area contributed by atoms with Crippen LogP contribution in [0, 0.1) is 17.3 Å². The maximum absolute atomic E-state index is 14.3. The van der Waals surface area contributed by atoms with Gasteiger partial charge in [-0.2, -0.15) is 0 Å². The van der Waals surface area contributed by atoms with E-state index in [1.165, 1.54) is 4.90 Å². The molecule has 3 rings (SSSR count). The van der Waals surface area contributed by atoms with Gasteiger partial charge in [0, 0.05) is 18.2 Å². The van der Waals surface area contributed by atoms with Gasteiger partial charge in [0.2, 0.25) is 12.1 Å². The number of amides is 2. The van der Waals surface area contributed by atoms with E-state index >= 15 is 0 Å². The van der Waals surface area contributed by atoms with E-state index in [1.807, 2.05) is 68.4 Å². The van der Waals surface area contributed by atoms with Gasteiger partial charge in [0.1, 0.15) is 5.60 Å². The molecule has 2 amide bonds. The Kier molecular flexibility index (Phi) is 10.1. The van der Waals surface area contributed by atoms with E-state index in [1.54, 1.807) is 40.0 Å². The van der Waals surface area contributed by atoms with E-state index < -0.39 is 35.0 Å². The highest BCUT2D eigenvalue weighted by atomic mass is 16.6. The fourth-order valence-electron chi connectivity index (χ4n) is 5.30. The van der Waals surface area contributed by atoms with Crippen molar-refractivity contribution >= 4 is 29.2 Å². The predicted octanol–water partition coefficient (Wildman–Crippen LogP) is 6.09. The van der Waals surface area contributed by atoms with Crippen molar-refractivity contribution in [3.8, 4) is 0 Å². The third-order valence-corrected chi connectivity index (χ3v) is 7.18. The number of benzene rings is 2. The summed E-state index contributed by atoms with van der Waals surface area (Å²) < 4.78 is 5.87. The molecule has 0 radical (unpaired) electrons. The summed E-state index contributed by atoms with van der Waals surface area (Å²) in [7, 11) is 1.68. The highest BCUT2D eigenvalue weighted by Gasteiger charge is 2.50. The van der Waals surface area contributed by atoms with E-state index in [2.05, 4.69) is 18.5 Å². The molecule has 2 atom stereocenters. The molecule has 0 aromatic heterocycles. The second-order valence-corrected chi connectivity index (χ2v) is 12.0. The van der Waals surface area contributed by atoms with Crippen molar-refractivity contribution in [3.05, 3.63) is 91.0 Å². The molecule has 1 heterocycles. The Hall–Kier alpha value is -4.00. The van der Waals surface area contributed by atoms with Crippen molar-refractivity contribution in [1.82, 2.24) is 5.32 Å². The second kappa shape index (κ2) is 13.1. The molecule has 0 fully saturated rings. The third-order valence-electron chi connectivity index (χ3n) is 7.18. The van der Waals surface area contributed by atoms with Crippen LogP contribution in [0.15, 0.2) is 84.9 Å². The largest absolute Gasteiger partial charge is 0.460 e. The van der Waals surface area contributed by atoms with Crippen LogP contribution >= 0.6 is 0 Å². The summed E-state index contributed by atoms with van der Waals surface area (Å²) in [5.74, 6) is -2.07. The van der Waals surface area contributed by atoms with Gasteiger partial charge in [-0.3, -0.25) is 14.4 Å². The molecule has 2 aromatic rings. The number of allylic oxidation sites excluding steroid dienone is 2. The minimum absolute atomic E-state index is 0.0716. The molecule has 0 saturated carbocycles. The lowest BCUT2D eigenvalue weighted by atomic mass is 9.67. The lowest BCUT2D eigenvalue weighted by Gasteiger charge is -2.39. The first-order valence-corrected chi connectivity index (χ1v) is 14.1. The number of benzodiazepines with no additional fused rings is 1. The molecule has 1 N–H and O–H groups in total. The van der Waals surface area contributed by atoms with E-state index in [0.29, 0.717) is 17.8 Å². The molecule has 218 valence electrons. The van der Waals surface area contributed by atoms with Crippen LogP contribution in [0.5, 0.6) is 0 Å². The van der Waals surface area contributed by atoms with Gasteiger partial charge in [-0.25, -0.2) is 4.99 Å². The Morgan fingerprint density at radius 2 is 1.61 bits per heavy atom. The molecule has 0 saturated heterocycles. The predicted molar refractivity (Wildman–Crippen MR) is 165 cm³/mol. The van der Waals surface area contributed by atoms with Crippen molar-refractivity contribution < 1.29 is 19.1 Å². The average Bonchev–Trinajstić information content (AvgIpc) is 3.01. The van der Waals surface area contributed by atoms with E-state index in [4.69, 9.17) is 9.73 Å². The Morgan fingerprint density at radius 3 is 2.17 bits per heavy atom. The quantitative estimate of drug-likeness (QED) is 0.268. The fourth-order valence-corrected chi connectivity index (χ4v) is 5.30. The molecule has 0 aliphatic carbocycles. The number of carbonyl (C=O) groups excluding carboxylic acids is 3. The molecule has 1 aliphatic rings. The zero-order valence-electron chi connectivity index (χ0n) is 25.1. The van der Waals surface area contributed by atoms with Gasteiger partial charge < -0.3 is 15.0 Å². The molecule has 1 aliphatic heterocycles. The van der Waals surface area contributed by atoms with Gasteiger partial charge in [0.15, 0.2) is 0 Å². The zero-order chi connectivity index (χ0) is 30.4. The summed E-state index contributed by atoms with van der Waals surface area (Å²) >= 11 is 0. The van der Waals surface area contributed by atoms with Crippen LogP contribution in [-0.4, -0.2) is 42.3 Å². The Labute approximate surface area is 244 Å². The number of para-hydroxylation sites is 1. The number of hydrogen-bond donors (Lipinski definition) is 1. The van der Waals surface area contributed by atoms with Crippen molar-refractivity contribution in [2.45, 2.75) is 65.6 Å². The number of likely N-dealkylation sites (N-methyl/N-ethyl adjacent to an activating group) is 1. The van der Waals surface area contributed by atoms with Crippen molar-refractivity contribution in [1.29, 1.82) is 0 Å². The number of rotatable bonds is 11. The van der Waals surface area contributed by atoms with Gasteiger partial charge in [-0.15, -0.1) is 13.2 Å². The number of nitrogens with zero attached hydrogens (tertiary/aromatic N) is 2. The third kappa shape index (κ3) is 7.20. The van der Waals surface area contributed by atoms with Gasteiger partial charge in [0.05, 0.1) is 22.7 Å². The number of ether oxygens (including phenoxy) is 1. The number of fused-ring (bicyclic) bond motifs is 1. The smallest absolute Gasteiger partial charge is 0.314 e. The molecular formula is C34H43N3O4. The zero-order valence-corrected chi connectivity index (χ0v) is 25.1. The molecule has 7 heteroatoms. The first-order chi connectivity index (χ1) is 19.3. The Balaban J connectivity index is 2.13. The van der Waals surface area contributed by atoms with Gasteiger partial charge in [-0.1, -0.05) is 74.5 Å². The number of carbonyl (C=O) groups is 3. The number of aliphatic imine (C=N–C) groups is 1. The van der Waals surface area contributed by atoms with Crippen molar-refractivity contribution in [2.24, 2.45) is 22.2 Å². The van der Waals surface area contributed by atoms with E-state index in [9.17, 15) is 14.4 Å². The monoisotopic (exact) mass is 557 g/mol. The molecule has 41 heavy (non-hydrogen) atoms. The maximum atomic E-state index is 14.3. The van der Waals surface area contributed by atoms with Crippen LogP contribution in [0.3, 0.4) is 0 Å². The lowest BCUT2D eigenvalue weighted by Crippen LogP contribution is -2.53. The molecule has 2 aromatic carbocycles. The van der Waals surface area contributed by atoms with Gasteiger partial charge in [-0.05, 0) is 52.0 Å². The molecule has 0 bridgehead atoms. The summed E-state index contributed by atoms with van der Waals surface area (Å²) in [4.78, 5) is 48.2. The summed E-state index contributed by atoms with van der Waals surface area (Å²) in [6.07, 6.45) is 2.89. The van der Waals surface area contributed by atoms with Crippen LogP contribution in [-0.2, 0) is 19.1 Å². The van der Waals surface area contributed by atoms with Crippen molar-refractivity contribution in [2.75, 3.05) is 11.9 Å². The fraction of sp³-hybridized carbons (Fsp3) is 0.412. The minimum Gasteiger partial charge on any atom is -0.460 e. The van der Waals surface area contributed by atoms with Crippen LogP contribution in [0.2, 0.25) is 0 Å². The summed E-state index contributed by atoms with van der Waals surface area (Å²) in [5, 5.41) is 2.92. The molecular weight excluding hydrogens is 514 g/mol. The van der Waals surface area contributed by atoms with Gasteiger partial charge in [0.25, 0.3) is 5.91 Å². The molecule has 7 nitrogen and oxygen atoms in total. The molecule has 0 unspecified atom stereocenters. The first kappa shape index (κ1) is 31.5. The minimum atomic E-state index is -1.25. The SMILES string of the molecule is C=CCC(CC=C)(C(=O)OC(C)(C)C)[C@@H](CC(C)C)C(=O)N[C@H]1N=C(c2ccccc2)c2ccccc2N(C)C1=O. The summed E-state index contributed by atoms with van der Waals surface area (Å²) in [6, 6.07) is 17.1. The highest BCUT2D eigenvalue weighted by molar-refractivity contribution is 6.20. The normalized spacial score (nSPS) is 16.3. The van der Waals surface area contributed by atoms with Crippen LogP contribution < -0.4 is 10.2 Å². The standard InChI is InChI=1S/C34H43N3O4/c1-9-20-34(21-10-2,32(40)41-33(5,6)7)26(22-23(3)4)30(38)36-29-31(39)37(8)27-19-15-14-18-25(27)28(35-29)24-16-12-11-13-17-24/h9-19,23,26,29H,1-2,20-22H2,3-8H3,(H,36,38)/t26-,29+/m0/s1. The Bertz CT molecular complexity index is 1300. The topological polar surface area (TPSA) is 88.1 Å². The van der Waals surface area contributed by atoms with Crippen molar-refractivity contribution in [3.63, 3.8) is 0 Å². The maximum Gasteiger partial charge on any atom is 0.314 e. The summed E-state index contributed by atoms with van der Waals surface area (Å²) in [6.45, 7) is 17.2. The van der Waals surface area contributed by atoms with E-state index in [-0.39, 0.29) is 24.7 Å². The van der Waals surface area contributed by atoms with Crippen LogP contribution in [0.1, 0.15) is 65.0 Å². The number of hydrogen-bond acceptors (Lipinski definition) is 5. The average molecular weight is 558 g/mol. The van der Waals surface area contributed by atoms with E-state index in [0.717, 1.165) is 11.1 Å².